The highest BCUT2D eigenvalue weighted by Gasteiger charge is 2.25. The van der Waals surface area contributed by atoms with Gasteiger partial charge in [-0.1, -0.05) is 0 Å². The molecule has 0 aliphatic carbocycles. The van der Waals surface area contributed by atoms with Crippen LogP contribution in [0.2, 0.25) is 0 Å². The molecule has 0 saturated heterocycles. The molecule has 0 radical (unpaired) electrons. The second kappa shape index (κ2) is 6.40. The summed E-state index contributed by atoms with van der Waals surface area (Å²) in [6.07, 6.45) is 0. The van der Waals surface area contributed by atoms with E-state index in [-0.39, 0.29) is 11.4 Å². The highest BCUT2D eigenvalue weighted by molar-refractivity contribution is 9.10. The molecule has 0 aromatic heterocycles. The third-order valence-corrected chi connectivity index (χ3v) is 4.70. The highest BCUT2D eigenvalue weighted by Crippen LogP contribution is 2.22. The van der Waals surface area contributed by atoms with Crippen LogP contribution in [0.25, 0.3) is 0 Å². The summed E-state index contributed by atoms with van der Waals surface area (Å²) in [6, 6.07) is 4.39. The molecule has 0 spiro atoms. The number of aliphatic hydroxyl groups is 1. The molecular weight excluding hydrogens is 346 g/mol. The minimum Gasteiger partial charge on any atom is -0.398 e. The Kier molecular flexibility index (Phi) is 5.56. The SMILES string of the molecule is CN(C)CC(C)(O)CNS(=O)(=O)c1ccc(Br)c(N)c1. The fraction of sp³-hybridized carbons (Fsp3) is 0.500. The number of hydrogen-bond acceptors (Lipinski definition) is 5. The molecule has 20 heavy (non-hydrogen) atoms. The van der Waals surface area contributed by atoms with Gasteiger partial charge < -0.3 is 15.7 Å². The fourth-order valence-corrected chi connectivity index (χ4v) is 3.20. The lowest BCUT2D eigenvalue weighted by molar-refractivity contribution is 0.0386. The van der Waals surface area contributed by atoms with E-state index in [0.717, 1.165) is 0 Å². The molecule has 0 heterocycles. The van der Waals surface area contributed by atoms with Crippen molar-refractivity contribution in [1.29, 1.82) is 0 Å². The van der Waals surface area contributed by atoms with Crippen LogP contribution in [0.5, 0.6) is 0 Å². The molecular formula is C12H20BrN3O3S. The van der Waals surface area contributed by atoms with Gasteiger partial charge in [0.05, 0.1) is 10.5 Å². The van der Waals surface area contributed by atoms with Crippen molar-refractivity contribution in [2.24, 2.45) is 0 Å². The number of halogens is 1. The van der Waals surface area contributed by atoms with Gasteiger partial charge in [0.1, 0.15) is 0 Å². The van der Waals surface area contributed by atoms with Gasteiger partial charge in [0.25, 0.3) is 0 Å². The molecule has 1 unspecified atom stereocenters. The summed E-state index contributed by atoms with van der Waals surface area (Å²) in [5, 5.41) is 10.1. The van der Waals surface area contributed by atoms with Crippen molar-refractivity contribution in [3.63, 3.8) is 0 Å². The Morgan fingerprint density at radius 1 is 1.45 bits per heavy atom. The topological polar surface area (TPSA) is 95.7 Å². The monoisotopic (exact) mass is 365 g/mol. The first kappa shape index (κ1) is 17.4. The van der Waals surface area contributed by atoms with Crippen LogP contribution >= 0.6 is 15.9 Å². The lowest BCUT2D eigenvalue weighted by Crippen LogP contribution is -2.47. The van der Waals surface area contributed by atoms with Gasteiger partial charge in [-0.05, 0) is 55.1 Å². The Bertz CT molecular complexity index is 573. The van der Waals surface area contributed by atoms with Crippen LogP contribution in [0.3, 0.4) is 0 Å². The number of rotatable bonds is 6. The van der Waals surface area contributed by atoms with Crippen LogP contribution in [0.4, 0.5) is 5.69 Å². The van der Waals surface area contributed by atoms with Crippen LogP contribution in [-0.2, 0) is 10.0 Å². The Balaban J connectivity index is 2.82. The van der Waals surface area contributed by atoms with E-state index in [2.05, 4.69) is 20.7 Å². The van der Waals surface area contributed by atoms with Gasteiger partial charge in [0, 0.05) is 23.2 Å². The van der Waals surface area contributed by atoms with E-state index in [1.54, 1.807) is 32.0 Å². The normalized spacial score (nSPS) is 15.3. The van der Waals surface area contributed by atoms with Crippen LogP contribution in [0.1, 0.15) is 6.92 Å². The zero-order chi connectivity index (χ0) is 15.6. The number of nitrogen functional groups attached to an aromatic ring is 1. The van der Waals surface area contributed by atoms with Crippen molar-refractivity contribution in [3.05, 3.63) is 22.7 Å². The molecule has 1 aromatic rings. The number of nitrogens with two attached hydrogens (primary N) is 1. The summed E-state index contributed by atoms with van der Waals surface area (Å²) >= 11 is 3.21. The zero-order valence-electron chi connectivity index (χ0n) is 11.7. The molecule has 1 rings (SSSR count). The molecule has 0 fully saturated rings. The molecule has 0 saturated carbocycles. The van der Waals surface area contributed by atoms with Crippen molar-refractivity contribution in [2.45, 2.75) is 17.4 Å². The number of benzene rings is 1. The van der Waals surface area contributed by atoms with Gasteiger partial charge in [-0.15, -0.1) is 0 Å². The van der Waals surface area contributed by atoms with Crippen LogP contribution in [0.15, 0.2) is 27.6 Å². The summed E-state index contributed by atoms with van der Waals surface area (Å²) in [5.41, 5.74) is 4.86. The van der Waals surface area contributed by atoms with E-state index in [4.69, 9.17) is 5.73 Å². The van der Waals surface area contributed by atoms with Gasteiger partial charge in [-0.2, -0.15) is 0 Å². The molecule has 0 aliphatic rings. The first-order valence-electron chi connectivity index (χ1n) is 5.95. The first-order valence-corrected chi connectivity index (χ1v) is 8.23. The molecule has 0 bridgehead atoms. The zero-order valence-corrected chi connectivity index (χ0v) is 14.1. The predicted octanol–water partition coefficient (Wildman–Crippen LogP) is 0.622. The van der Waals surface area contributed by atoms with E-state index in [0.29, 0.717) is 16.7 Å². The van der Waals surface area contributed by atoms with Crippen LogP contribution < -0.4 is 10.5 Å². The molecule has 8 heteroatoms. The van der Waals surface area contributed by atoms with Crippen molar-refractivity contribution >= 4 is 31.6 Å². The number of likely N-dealkylation sites (N-methyl/N-ethyl adjacent to an activating group) is 1. The quantitative estimate of drug-likeness (QED) is 0.642. The summed E-state index contributed by atoms with van der Waals surface area (Å²) < 4.78 is 27.3. The number of anilines is 1. The first-order chi connectivity index (χ1) is 9.03. The number of sulfonamides is 1. The van der Waals surface area contributed by atoms with Crippen molar-refractivity contribution in [3.8, 4) is 0 Å². The van der Waals surface area contributed by atoms with E-state index in [1.165, 1.54) is 12.1 Å². The number of nitrogens with zero attached hydrogens (tertiary/aromatic N) is 1. The second-order valence-electron chi connectivity index (χ2n) is 5.24. The van der Waals surface area contributed by atoms with Gasteiger partial charge in [-0.25, -0.2) is 13.1 Å². The smallest absolute Gasteiger partial charge is 0.240 e. The van der Waals surface area contributed by atoms with Crippen molar-refractivity contribution in [1.82, 2.24) is 9.62 Å². The lowest BCUT2D eigenvalue weighted by atomic mass is 10.1. The van der Waals surface area contributed by atoms with Crippen molar-refractivity contribution in [2.75, 3.05) is 32.9 Å². The Morgan fingerprint density at radius 2 is 2.05 bits per heavy atom. The summed E-state index contributed by atoms with van der Waals surface area (Å²) in [4.78, 5) is 1.85. The van der Waals surface area contributed by atoms with Gasteiger partial charge >= 0.3 is 0 Å². The summed E-state index contributed by atoms with van der Waals surface area (Å²) in [6.45, 7) is 1.84. The van der Waals surface area contributed by atoms with Gasteiger partial charge in [-0.3, -0.25) is 0 Å². The minimum atomic E-state index is -3.70. The summed E-state index contributed by atoms with van der Waals surface area (Å²) in [5.74, 6) is 0. The molecule has 0 aliphatic heterocycles. The second-order valence-corrected chi connectivity index (χ2v) is 7.86. The Labute approximate surface area is 128 Å². The third kappa shape index (κ3) is 5.02. The number of hydrogen-bond donors (Lipinski definition) is 3. The van der Waals surface area contributed by atoms with Crippen LogP contribution in [0, 0.1) is 0 Å². The standard InChI is InChI=1S/C12H20BrN3O3S/c1-12(17,8-16(2)3)7-15-20(18,19)9-4-5-10(13)11(14)6-9/h4-6,15,17H,7-8,14H2,1-3H3. The van der Waals surface area contributed by atoms with Crippen LogP contribution in [-0.4, -0.2) is 51.2 Å². The molecule has 1 aromatic carbocycles. The van der Waals surface area contributed by atoms with Gasteiger partial charge in [0.15, 0.2) is 0 Å². The number of nitrogens with one attached hydrogen (secondary N) is 1. The Morgan fingerprint density at radius 3 is 2.55 bits per heavy atom. The fourth-order valence-electron chi connectivity index (χ4n) is 1.76. The van der Waals surface area contributed by atoms with E-state index >= 15 is 0 Å². The van der Waals surface area contributed by atoms with Crippen molar-refractivity contribution < 1.29 is 13.5 Å². The van der Waals surface area contributed by atoms with Gasteiger partial charge in [0.2, 0.25) is 10.0 Å². The average molecular weight is 366 g/mol. The predicted molar refractivity (Wildman–Crippen MR) is 82.9 cm³/mol. The molecule has 6 nitrogen and oxygen atoms in total. The minimum absolute atomic E-state index is 0.0684. The maximum atomic E-state index is 12.1. The molecule has 114 valence electrons. The Hall–Kier alpha value is -0.670. The summed E-state index contributed by atoms with van der Waals surface area (Å²) in [7, 11) is -0.0900. The lowest BCUT2D eigenvalue weighted by Gasteiger charge is -2.27. The highest BCUT2D eigenvalue weighted by atomic mass is 79.9. The van der Waals surface area contributed by atoms with E-state index in [1.807, 2.05) is 0 Å². The molecule has 4 N–H and O–H groups in total. The molecule has 0 amide bonds. The van der Waals surface area contributed by atoms with E-state index < -0.39 is 15.6 Å². The maximum absolute atomic E-state index is 12.1. The molecule has 1 atom stereocenters. The maximum Gasteiger partial charge on any atom is 0.240 e. The largest absolute Gasteiger partial charge is 0.398 e. The third-order valence-electron chi connectivity index (χ3n) is 2.58. The van der Waals surface area contributed by atoms with E-state index in [9.17, 15) is 13.5 Å². The average Bonchev–Trinajstić information content (AvgIpc) is 2.29.